The van der Waals surface area contributed by atoms with Crippen molar-refractivity contribution in [2.75, 3.05) is 5.32 Å². The number of aromatic nitrogens is 3. The molecule has 0 saturated heterocycles. The molecule has 3 heterocycles. The predicted octanol–water partition coefficient (Wildman–Crippen LogP) is 3.63. The lowest BCUT2D eigenvalue weighted by atomic mass is 10.1. The molecule has 1 amide bonds. The second kappa shape index (κ2) is 7.68. The Hall–Kier alpha value is -3.41. The highest BCUT2D eigenvalue weighted by molar-refractivity contribution is 5.90. The molecule has 6 heteroatoms. The monoisotopic (exact) mass is 374 g/mol. The van der Waals surface area contributed by atoms with Crippen molar-refractivity contribution >= 4 is 28.1 Å². The summed E-state index contributed by atoms with van der Waals surface area (Å²) in [5.74, 6) is -0.0523. The first-order valence-corrected chi connectivity index (χ1v) is 9.50. The summed E-state index contributed by atoms with van der Waals surface area (Å²) in [6.45, 7) is 2.56. The van der Waals surface area contributed by atoms with Crippen LogP contribution in [0.4, 0.5) is 5.69 Å². The lowest BCUT2D eigenvalue weighted by Gasteiger charge is -2.12. The summed E-state index contributed by atoms with van der Waals surface area (Å²) in [6, 6.07) is 13.4. The second-order valence-corrected chi connectivity index (χ2v) is 6.79. The Balaban J connectivity index is 1.48. The van der Waals surface area contributed by atoms with E-state index in [4.69, 9.17) is 0 Å². The van der Waals surface area contributed by atoms with Gasteiger partial charge >= 0.3 is 0 Å². The van der Waals surface area contributed by atoms with Gasteiger partial charge in [0.15, 0.2) is 0 Å². The molecule has 1 N–H and O–H groups in total. The number of fused-ring (bicyclic) bond motifs is 3. The van der Waals surface area contributed by atoms with Gasteiger partial charge in [-0.2, -0.15) is 0 Å². The number of carbonyl (C=O) groups is 1. The van der Waals surface area contributed by atoms with E-state index in [2.05, 4.69) is 17.2 Å². The van der Waals surface area contributed by atoms with Crippen molar-refractivity contribution in [1.29, 1.82) is 0 Å². The Morgan fingerprint density at radius 3 is 2.68 bits per heavy atom. The molecule has 28 heavy (non-hydrogen) atoms. The molecule has 6 nitrogen and oxygen atoms in total. The van der Waals surface area contributed by atoms with E-state index in [0.29, 0.717) is 24.9 Å². The third kappa shape index (κ3) is 3.41. The van der Waals surface area contributed by atoms with Crippen LogP contribution in [0.15, 0.2) is 65.8 Å². The molecule has 0 radical (unpaired) electrons. The van der Waals surface area contributed by atoms with Crippen LogP contribution < -0.4 is 10.9 Å². The number of hydrogen-bond donors (Lipinski definition) is 1. The Labute approximate surface area is 162 Å². The first-order chi connectivity index (χ1) is 13.7. The van der Waals surface area contributed by atoms with Gasteiger partial charge < -0.3 is 14.3 Å². The molecule has 1 aromatic carbocycles. The summed E-state index contributed by atoms with van der Waals surface area (Å²) in [5.41, 5.74) is 4.28. The van der Waals surface area contributed by atoms with E-state index in [0.717, 1.165) is 23.1 Å². The number of benzene rings is 1. The lowest BCUT2D eigenvalue weighted by molar-refractivity contribution is -0.116. The molecule has 0 aliphatic carbocycles. The number of anilines is 1. The molecule has 0 bridgehead atoms. The molecule has 142 valence electrons. The Bertz CT molecular complexity index is 1190. The van der Waals surface area contributed by atoms with Crippen LogP contribution in [0.1, 0.15) is 25.3 Å². The van der Waals surface area contributed by atoms with Crippen molar-refractivity contribution in [1.82, 2.24) is 14.0 Å². The maximum absolute atomic E-state index is 12.8. The predicted molar refractivity (Wildman–Crippen MR) is 111 cm³/mol. The van der Waals surface area contributed by atoms with Gasteiger partial charge in [0, 0.05) is 31.0 Å². The summed E-state index contributed by atoms with van der Waals surface area (Å²) in [5, 5.41) is 2.91. The van der Waals surface area contributed by atoms with Gasteiger partial charge in [-0.15, -0.1) is 0 Å². The van der Waals surface area contributed by atoms with Crippen LogP contribution in [-0.2, 0) is 17.8 Å². The van der Waals surface area contributed by atoms with E-state index in [9.17, 15) is 9.59 Å². The van der Waals surface area contributed by atoms with Gasteiger partial charge in [-0.1, -0.05) is 19.1 Å². The minimum atomic E-state index is -0.0685. The topological polar surface area (TPSA) is 68.4 Å². The maximum atomic E-state index is 12.8. The quantitative estimate of drug-likeness (QED) is 0.560. The third-order valence-corrected chi connectivity index (χ3v) is 4.97. The highest BCUT2D eigenvalue weighted by Gasteiger charge is 2.11. The van der Waals surface area contributed by atoms with Gasteiger partial charge in [-0.3, -0.25) is 14.6 Å². The second-order valence-electron chi connectivity index (χ2n) is 6.79. The molecule has 0 unspecified atom stereocenters. The van der Waals surface area contributed by atoms with Crippen molar-refractivity contribution in [3.05, 3.63) is 77.0 Å². The SMILES string of the molecule is CCc1ccc(NC(=O)CCCn2c(=O)c3cccn3c3ccncc32)cc1. The highest BCUT2D eigenvalue weighted by atomic mass is 16.1. The third-order valence-electron chi connectivity index (χ3n) is 4.97. The summed E-state index contributed by atoms with van der Waals surface area (Å²) in [7, 11) is 0. The molecular weight excluding hydrogens is 352 g/mol. The fourth-order valence-corrected chi connectivity index (χ4v) is 3.47. The molecular formula is C22H22N4O2. The van der Waals surface area contributed by atoms with Crippen LogP contribution in [0.25, 0.3) is 16.6 Å². The normalized spacial score (nSPS) is 11.2. The summed E-state index contributed by atoms with van der Waals surface area (Å²) >= 11 is 0. The molecule has 3 aromatic heterocycles. The molecule has 0 fully saturated rings. The first-order valence-electron chi connectivity index (χ1n) is 9.50. The summed E-state index contributed by atoms with van der Waals surface area (Å²) < 4.78 is 3.59. The number of aryl methyl sites for hydroxylation is 2. The Morgan fingerprint density at radius 2 is 1.89 bits per heavy atom. The molecule has 0 aliphatic heterocycles. The van der Waals surface area contributed by atoms with E-state index in [-0.39, 0.29) is 11.5 Å². The van der Waals surface area contributed by atoms with Gasteiger partial charge in [0.1, 0.15) is 5.52 Å². The highest BCUT2D eigenvalue weighted by Crippen LogP contribution is 2.15. The van der Waals surface area contributed by atoms with E-state index in [1.54, 1.807) is 17.0 Å². The van der Waals surface area contributed by atoms with Gasteiger partial charge in [-0.05, 0) is 48.7 Å². The summed E-state index contributed by atoms with van der Waals surface area (Å²) in [6.07, 6.45) is 7.17. The maximum Gasteiger partial charge on any atom is 0.275 e. The van der Waals surface area contributed by atoms with Crippen LogP contribution >= 0.6 is 0 Å². The van der Waals surface area contributed by atoms with E-state index < -0.39 is 0 Å². The van der Waals surface area contributed by atoms with Gasteiger partial charge in [0.25, 0.3) is 5.56 Å². The minimum absolute atomic E-state index is 0.0523. The van der Waals surface area contributed by atoms with Crippen molar-refractivity contribution < 1.29 is 4.79 Å². The van der Waals surface area contributed by atoms with E-state index >= 15 is 0 Å². The lowest BCUT2D eigenvalue weighted by Crippen LogP contribution is -2.23. The van der Waals surface area contributed by atoms with Crippen LogP contribution in [0.3, 0.4) is 0 Å². The zero-order valence-electron chi connectivity index (χ0n) is 15.8. The Morgan fingerprint density at radius 1 is 1.07 bits per heavy atom. The van der Waals surface area contributed by atoms with E-state index in [1.807, 2.05) is 53.1 Å². The Kier molecular flexibility index (Phi) is 4.93. The zero-order valence-corrected chi connectivity index (χ0v) is 15.8. The molecule has 0 saturated carbocycles. The number of nitrogens with zero attached hydrogens (tertiary/aromatic N) is 3. The number of nitrogens with one attached hydrogen (secondary N) is 1. The number of rotatable bonds is 6. The molecule has 4 aromatic rings. The number of amides is 1. The molecule has 4 rings (SSSR count). The average Bonchev–Trinajstić information content (AvgIpc) is 3.21. The van der Waals surface area contributed by atoms with Crippen molar-refractivity contribution in [3.63, 3.8) is 0 Å². The van der Waals surface area contributed by atoms with Gasteiger partial charge in [0.05, 0.1) is 17.2 Å². The first kappa shape index (κ1) is 18.0. The largest absolute Gasteiger partial charge is 0.326 e. The molecule has 0 atom stereocenters. The van der Waals surface area contributed by atoms with Crippen molar-refractivity contribution in [2.45, 2.75) is 32.7 Å². The van der Waals surface area contributed by atoms with Crippen LogP contribution in [0.2, 0.25) is 0 Å². The number of hydrogen-bond acceptors (Lipinski definition) is 3. The van der Waals surface area contributed by atoms with Gasteiger partial charge in [0.2, 0.25) is 5.91 Å². The molecule has 0 aliphatic rings. The van der Waals surface area contributed by atoms with Crippen LogP contribution in [-0.4, -0.2) is 19.9 Å². The van der Waals surface area contributed by atoms with Crippen molar-refractivity contribution in [3.8, 4) is 0 Å². The van der Waals surface area contributed by atoms with Gasteiger partial charge in [-0.25, -0.2) is 0 Å². The zero-order chi connectivity index (χ0) is 19.5. The average molecular weight is 374 g/mol. The fraction of sp³-hybridized carbons (Fsp3) is 0.227. The van der Waals surface area contributed by atoms with Crippen LogP contribution in [0.5, 0.6) is 0 Å². The minimum Gasteiger partial charge on any atom is -0.326 e. The molecule has 0 spiro atoms. The van der Waals surface area contributed by atoms with Crippen molar-refractivity contribution in [2.24, 2.45) is 0 Å². The smallest absolute Gasteiger partial charge is 0.275 e. The standard InChI is InChI=1S/C22H22N4O2/c1-2-16-7-9-17(10-8-16)24-21(27)6-4-14-26-20-15-23-12-11-18(20)25-13-3-5-19(25)22(26)28/h3,5,7-13,15H,2,4,6,14H2,1H3,(H,24,27). The summed E-state index contributed by atoms with van der Waals surface area (Å²) in [4.78, 5) is 29.3. The number of carbonyl (C=O) groups excluding carboxylic acids is 1. The van der Waals surface area contributed by atoms with Crippen LogP contribution in [0, 0.1) is 0 Å². The fourth-order valence-electron chi connectivity index (χ4n) is 3.47. The number of pyridine rings is 1. The van der Waals surface area contributed by atoms with E-state index in [1.165, 1.54) is 5.56 Å².